The van der Waals surface area contributed by atoms with Crippen molar-refractivity contribution in [3.63, 3.8) is 0 Å². The van der Waals surface area contributed by atoms with Crippen molar-refractivity contribution in [1.29, 1.82) is 5.26 Å². The monoisotopic (exact) mass is 373 g/mol. The van der Waals surface area contributed by atoms with Gasteiger partial charge in [0.15, 0.2) is 11.7 Å². The van der Waals surface area contributed by atoms with Crippen molar-refractivity contribution in [3.05, 3.63) is 59.8 Å². The van der Waals surface area contributed by atoms with Crippen molar-refractivity contribution in [2.45, 2.75) is 18.5 Å². The van der Waals surface area contributed by atoms with Crippen LogP contribution in [0.1, 0.15) is 23.5 Å². The third-order valence-corrected chi connectivity index (χ3v) is 4.41. The molecule has 8 heteroatoms. The molecule has 0 bridgehead atoms. The van der Waals surface area contributed by atoms with E-state index in [0.717, 1.165) is 6.07 Å². The number of hydrogen-bond donors (Lipinski definition) is 1. The zero-order valence-electron chi connectivity index (χ0n) is 13.9. The van der Waals surface area contributed by atoms with E-state index in [1.165, 1.54) is 30.5 Å². The molecule has 1 aromatic heterocycles. The molecule has 0 spiro atoms. The Hall–Kier alpha value is -3.21. The number of Topliss-reactive ketones (excluding diaryl/α,β-unsaturated/α-hetero) is 1. The Morgan fingerprint density at radius 2 is 1.89 bits per heavy atom. The second kappa shape index (κ2) is 7.19. The van der Waals surface area contributed by atoms with Crippen molar-refractivity contribution >= 4 is 17.5 Å². The summed E-state index contributed by atoms with van der Waals surface area (Å²) in [7, 11) is 0. The molecule has 27 heavy (non-hydrogen) atoms. The topological polar surface area (TPSA) is 82.8 Å². The molecule has 1 N–H and O–H groups in total. The Labute approximate surface area is 152 Å². The zero-order valence-corrected chi connectivity index (χ0v) is 13.9. The smallest absolute Gasteiger partial charge is 0.309 e. The number of benzene rings is 1. The number of carbonyl (C=O) groups is 2. The summed E-state index contributed by atoms with van der Waals surface area (Å²) in [6.07, 6.45) is -2.91. The van der Waals surface area contributed by atoms with E-state index < -0.39 is 41.2 Å². The predicted octanol–water partition coefficient (Wildman–Crippen LogP) is 3.55. The number of carbonyl (C=O) groups excluding carboxylic acids is 2. The Morgan fingerprint density at radius 1 is 1.19 bits per heavy atom. The number of nitriles is 1. The third-order valence-electron chi connectivity index (χ3n) is 4.41. The van der Waals surface area contributed by atoms with Gasteiger partial charge in [-0.25, -0.2) is 4.98 Å². The fraction of sp³-hybridized carbons (Fsp3) is 0.263. The first-order chi connectivity index (χ1) is 12.8. The van der Waals surface area contributed by atoms with E-state index in [9.17, 15) is 28.0 Å². The highest BCUT2D eigenvalue weighted by atomic mass is 19.4. The highest BCUT2D eigenvalue weighted by Gasteiger charge is 2.50. The summed E-state index contributed by atoms with van der Waals surface area (Å²) in [6.45, 7) is 0. The zero-order chi connectivity index (χ0) is 19.6. The normalized spacial score (nSPS) is 19.6. The van der Waals surface area contributed by atoms with Gasteiger partial charge in [0.1, 0.15) is 5.82 Å². The fourth-order valence-electron chi connectivity index (χ4n) is 3.03. The molecule has 0 radical (unpaired) electrons. The number of alkyl halides is 3. The molecule has 1 aliphatic carbocycles. The highest BCUT2D eigenvalue weighted by molar-refractivity contribution is 6.10. The predicted molar refractivity (Wildman–Crippen MR) is 89.3 cm³/mol. The molecule has 2 aromatic rings. The Balaban J connectivity index is 1.74. The Bertz CT molecular complexity index is 906. The number of anilines is 1. The first kappa shape index (κ1) is 18.6. The molecule has 1 heterocycles. The van der Waals surface area contributed by atoms with Gasteiger partial charge in [0.25, 0.3) is 5.91 Å². The van der Waals surface area contributed by atoms with Crippen molar-refractivity contribution < 1.29 is 22.8 Å². The number of halogens is 3. The van der Waals surface area contributed by atoms with E-state index in [1.807, 2.05) is 0 Å². The summed E-state index contributed by atoms with van der Waals surface area (Å²) < 4.78 is 39.5. The Morgan fingerprint density at radius 3 is 2.52 bits per heavy atom. The highest BCUT2D eigenvalue weighted by Crippen LogP contribution is 2.52. The van der Waals surface area contributed by atoms with Crippen LogP contribution in [0.2, 0.25) is 0 Å². The molecular formula is C19H14F3N3O2. The van der Waals surface area contributed by atoms with Gasteiger partial charge in [-0.2, -0.15) is 18.4 Å². The minimum absolute atomic E-state index is 0.0187. The number of amides is 1. The van der Waals surface area contributed by atoms with Crippen LogP contribution in [0.4, 0.5) is 19.0 Å². The number of hydrogen-bond acceptors (Lipinski definition) is 4. The fourth-order valence-corrected chi connectivity index (χ4v) is 3.03. The number of ketones is 1. The average Bonchev–Trinajstić information content (AvgIpc) is 3.43. The van der Waals surface area contributed by atoms with E-state index in [0.29, 0.717) is 0 Å². The van der Waals surface area contributed by atoms with Crippen molar-refractivity contribution in [1.82, 2.24) is 4.98 Å². The van der Waals surface area contributed by atoms with E-state index in [1.54, 1.807) is 18.2 Å². The van der Waals surface area contributed by atoms with E-state index in [-0.39, 0.29) is 17.8 Å². The lowest BCUT2D eigenvalue weighted by Gasteiger charge is -2.13. The summed E-state index contributed by atoms with van der Waals surface area (Å²) in [6, 6.07) is 11.4. The lowest BCUT2D eigenvalue weighted by molar-refractivity contribution is -0.138. The van der Waals surface area contributed by atoms with E-state index in [2.05, 4.69) is 10.3 Å². The van der Waals surface area contributed by atoms with Crippen molar-refractivity contribution in [3.8, 4) is 6.07 Å². The average molecular weight is 373 g/mol. The Kier molecular flexibility index (Phi) is 4.95. The molecule has 138 valence electrons. The maximum Gasteiger partial charge on any atom is 0.416 e. The van der Waals surface area contributed by atoms with Crippen LogP contribution in [0, 0.1) is 23.2 Å². The maximum absolute atomic E-state index is 13.2. The SMILES string of the molecule is N#C[C@H](C(=O)Nc1ccccn1)C(=O)[C@@H]1C[C@H]1c1ccccc1C(F)(F)F. The summed E-state index contributed by atoms with van der Waals surface area (Å²) in [5.74, 6) is -4.35. The summed E-state index contributed by atoms with van der Waals surface area (Å²) in [5, 5.41) is 11.6. The summed E-state index contributed by atoms with van der Waals surface area (Å²) >= 11 is 0. The van der Waals surface area contributed by atoms with Crippen LogP contribution in [-0.4, -0.2) is 16.7 Å². The largest absolute Gasteiger partial charge is 0.416 e. The van der Waals surface area contributed by atoms with Gasteiger partial charge in [0.05, 0.1) is 11.6 Å². The third kappa shape index (κ3) is 3.97. The second-order valence-electron chi connectivity index (χ2n) is 6.20. The van der Waals surface area contributed by atoms with Crippen LogP contribution in [0.3, 0.4) is 0 Å². The molecule has 1 saturated carbocycles. The molecule has 1 aromatic carbocycles. The number of nitrogens with zero attached hydrogens (tertiary/aromatic N) is 2. The minimum atomic E-state index is -4.53. The first-order valence-electron chi connectivity index (χ1n) is 8.14. The van der Waals surface area contributed by atoms with Crippen LogP contribution in [0.25, 0.3) is 0 Å². The molecule has 1 fully saturated rings. The lowest BCUT2D eigenvalue weighted by atomic mass is 9.96. The van der Waals surface area contributed by atoms with Gasteiger partial charge >= 0.3 is 6.18 Å². The van der Waals surface area contributed by atoms with Crippen LogP contribution in [0.15, 0.2) is 48.7 Å². The lowest BCUT2D eigenvalue weighted by Crippen LogP contribution is -2.30. The van der Waals surface area contributed by atoms with Crippen LogP contribution in [0.5, 0.6) is 0 Å². The molecule has 3 rings (SSSR count). The molecule has 0 unspecified atom stereocenters. The van der Waals surface area contributed by atoms with Crippen LogP contribution >= 0.6 is 0 Å². The number of nitrogens with one attached hydrogen (secondary N) is 1. The van der Waals surface area contributed by atoms with E-state index >= 15 is 0 Å². The van der Waals surface area contributed by atoms with Crippen LogP contribution in [-0.2, 0) is 15.8 Å². The molecule has 1 aliphatic rings. The quantitative estimate of drug-likeness (QED) is 0.813. The molecule has 0 saturated heterocycles. The first-order valence-corrected chi connectivity index (χ1v) is 8.14. The van der Waals surface area contributed by atoms with Gasteiger partial charge in [-0.3, -0.25) is 9.59 Å². The maximum atomic E-state index is 13.2. The van der Waals surface area contributed by atoms with Gasteiger partial charge in [0.2, 0.25) is 0 Å². The second-order valence-corrected chi connectivity index (χ2v) is 6.20. The van der Waals surface area contributed by atoms with Gasteiger partial charge in [-0.05, 0) is 36.1 Å². The number of pyridine rings is 1. The van der Waals surface area contributed by atoms with Crippen molar-refractivity contribution in [2.75, 3.05) is 5.32 Å². The molecule has 3 atom stereocenters. The molecular weight excluding hydrogens is 359 g/mol. The van der Waals surface area contributed by atoms with Crippen molar-refractivity contribution in [2.24, 2.45) is 11.8 Å². The number of rotatable bonds is 5. The van der Waals surface area contributed by atoms with E-state index in [4.69, 9.17) is 0 Å². The van der Waals surface area contributed by atoms with Gasteiger partial charge in [0, 0.05) is 12.1 Å². The minimum Gasteiger partial charge on any atom is -0.309 e. The van der Waals surface area contributed by atoms with Gasteiger partial charge in [-0.1, -0.05) is 24.3 Å². The summed E-state index contributed by atoms with van der Waals surface area (Å²) in [4.78, 5) is 28.6. The number of aromatic nitrogens is 1. The van der Waals surface area contributed by atoms with Gasteiger partial charge in [-0.15, -0.1) is 0 Å². The standard InChI is InChI=1S/C19H14F3N3O2/c20-19(21,22)15-6-2-1-5-11(15)12-9-13(12)17(26)14(10-23)18(27)25-16-7-3-4-8-24-16/h1-8,12-14H,9H2,(H,24,25,27)/t12-,13+,14-/m0/s1. The molecule has 5 nitrogen and oxygen atoms in total. The molecule has 1 amide bonds. The van der Waals surface area contributed by atoms with Crippen LogP contribution < -0.4 is 5.32 Å². The van der Waals surface area contributed by atoms with Gasteiger partial charge < -0.3 is 5.32 Å². The molecule has 0 aliphatic heterocycles. The summed E-state index contributed by atoms with van der Waals surface area (Å²) in [5.41, 5.74) is -0.776.